The molecule has 0 radical (unpaired) electrons. The third kappa shape index (κ3) is 3.11. The van der Waals surface area contributed by atoms with E-state index in [0.29, 0.717) is 0 Å². The molecule has 5 nitrogen and oxygen atoms in total. The molecule has 2 rings (SSSR count). The van der Waals surface area contributed by atoms with Crippen LogP contribution in [0.3, 0.4) is 0 Å². The van der Waals surface area contributed by atoms with Crippen LogP contribution in [-0.4, -0.2) is 42.3 Å². The van der Waals surface area contributed by atoms with Gasteiger partial charge in [0, 0.05) is 0 Å². The van der Waals surface area contributed by atoms with Gasteiger partial charge in [-0.3, -0.25) is 4.90 Å². The topological polar surface area (TPSA) is 62.9 Å². The average molecular weight is 253 g/mol. The van der Waals surface area contributed by atoms with Crippen molar-refractivity contribution in [2.75, 3.05) is 20.2 Å². The Morgan fingerprint density at radius 3 is 2.89 bits per heavy atom. The van der Waals surface area contributed by atoms with Crippen LogP contribution < -0.4 is 0 Å². The van der Waals surface area contributed by atoms with Gasteiger partial charge in [0.1, 0.15) is 5.76 Å². The minimum Gasteiger partial charge on any atom is -0.468 e. The molecule has 1 aliphatic heterocycles. The van der Waals surface area contributed by atoms with Crippen molar-refractivity contribution in [3.63, 3.8) is 0 Å². The SMILES string of the molecule is COC(=O)C(O)C1CCN(Cc2ccco2)CC1. The number of esters is 1. The van der Waals surface area contributed by atoms with Crippen molar-refractivity contribution in [1.82, 2.24) is 4.90 Å². The molecule has 1 saturated heterocycles. The van der Waals surface area contributed by atoms with Crippen LogP contribution in [0.5, 0.6) is 0 Å². The molecule has 1 aromatic heterocycles. The lowest BCUT2D eigenvalue weighted by Gasteiger charge is -2.32. The summed E-state index contributed by atoms with van der Waals surface area (Å²) in [5, 5.41) is 9.77. The molecule has 1 atom stereocenters. The fourth-order valence-corrected chi connectivity index (χ4v) is 2.36. The van der Waals surface area contributed by atoms with Crippen LogP contribution in [0.25, 0.3) is 0 Å². The van der Waals surface area contributed by atoms with Crippen LogP contribution in [0.1, 0.15) is 18.6 Å². The van der Waals surface area contributed by atoms with E-state index >= 15 is 0 Å². The lowest BCUT2D eigenvalue weighted by Crippen LogP contribution is -2.40. The quantitative estimate of drug-likeness (QED) is 0.812. The highest BCUT2D eigenvalue weighted by molar-refractivity contribution is 5.74. The largest absolute Gasteiger partial charge is 0.468 e. The van der Waals surface area contributed by atoms with Crippen LogP contribution in [-0.2, 0) is 16.1 Å². The van der Waals surface area contributed by atoms with E-state index in [4.69, 9.17) is 4.42 Å². The predicted molar refractivity (Wildman–Crippen MR) is 64.7 cm³/mol. The first kappa shape index (κ1) is 13.1. The Morgan fingerprint density at radius 2 is 2.33 bits per heavy atom. The minimum atomic E-state index is -0.985. The van der Waals surface area contributed by atoms with E-state index in [9.17, 15) is 9.90 Å². The van der Waals surface area contributed by atoms with Crippen molar-refractivity contribution in [1.29, 1.82) is 0 Å². The summed E-state index contributed by atoms with van der Waals surface area (Å²) in [6.45, 7) is 2.51. The van der Waals surface area contributed by atoms with Gasteiger partial charge < -0.3 is 14.3 Å². The number of aliphatic hydroxyl groups is 1. The molecule has 0 saturated carbocycles. The Balaban J connectivity index is 1.79. The number of likely N-dealkylation sites (tertiary alicyclic amines) is 1. The van der Waals surface area contributed by atoms with Gasteiger partial charge in [0.15, 0.2) is 6.10 Å². The zero-order valence-corrected chi connectivity index (χ0v) is 10.5. The molecule has 1 N–H and O–H groups in total. The second kappa shape index (κ2) is 6.02. The maximum absolute atomic E-state index is 11.2. The van der Waals surface area contributed by atoms with E-state index in [0.717, 1.165) is 38.2 Å². The molecule has 1 unspecified atom stereocenters. The molecule has 5 heteroatoms. The summed E-state index contributed by atoms with van der Waals surface area (Å²) in [6.07, 6.45) is 2.29. The van der Waals surface area contributed by atoms with Gasteiger partial charge in [0.25, 0.3) is 0 Å². The van der Waals surface area contributed by atoms with Crippen molar-refractivity contribution in [2.24, 2.45) is 5.92 Å². The fraction of sp³-hybridized carbons (Fsp3) is 0.615. The maximum Gasteiger partial charge on any atom is 0.334 e. The molecule has 0 spiro atoms. The number of furan rings is 1. The van der Waals surface area contributed by atoms with Crippen LogP contribution in [0.15, 0.2) is 22.8 Å². The van der Waals surface area contributed by atoms with E-state index < -0.39 is 12.1 Å². The van der Waals surface area contributed by atoms with E-state index in [-0.39, 0.29) is 5.92 Å². The molecule has 2 heterocycles. The second-order valence-electron chi connectivity index (χ2n) is 4.66. The smallest absolute Gasteiger partial charge is 0.334 e. The fourth-order valence-electron chi connectivity index (χ4n) is 2.36. The number of nitrogens with zero attached hydrogens (tertiary/aromatic N) is 1. The first-order valence-electron chi connectivity index (χ1n) is 6.21. The van der Waals surface area contributed by atoms with Gasteiger partial charge >= 0.3 is 5.97 Å². The zero-order chi connectivity index (χ0) is 13.0. The molecule has 0 aromatic carbocycles. The number of ether oxygens (including phenoxy) is 1. The normalized spacial score (nSPS) is 19.7. The number of rotatable bonds is 4. The highest BCUT2D eigenvalue weighted by Gasteiger charge is 2.30. The van der Waals surface area contributed by atoms with Gasteiger partial charge in [-0.25, -0.2) is 4.79 Å². The lowest BCUT2D eigenvalue weighted by atomic mass is 9.91. The van der Waals surface area contributed by atoms with Crippen LogP contribution >= 0.6 is 0 Å². The number of hydrogen-bond donors (Lipinski definition) is 1. The molecule has 0 bridgehead atoms. The number of carbonyl (C=O) groups excluding carboxylic acids is 1. The van der Waals surface area contributed by atoms with Gasteiger partial charge in [-0.1, -0.05) is 0 Å². The number of hydrogen-bond acceptors (Lipinski definition) is 5. The monoisotopic (exact) mass is 253 g/mol. The number of piperidine rings is 1. The average Bonchev–Trinajstić information content (AvgIpc) is 2.91. The molecule has 1 fully saturated rings. The summed E-state index contributed by atoms with van der Waals surface area (Å²) >= 11 is 0. The van der Waals surface area contributed by atoms with Gasteiger partial charge in [-0.15, -0.1) is 0 Å². The first-order valence-corrected chi connectivity index (χ1v) is 6.21. The van der Waals surface area contributed by atoms with E-state index in [2.05, 4.69) is 9.64 Å². The van der Waals surface area contributed by atoms with Crippen LogP contribution in [0.4, 0.5) is 0 Å². The Bertz CT molecular complexity index is 368. The van der Waals surface area contributed by atoms with Crippen molar-refractivity contribution in [2.45, 2.75) is 25.5 Å². The third-order valence-electron chi connectivity index (χ3n) is 3.48. The van der Waals surface area contributed by atoms with Crippen molar-refractivity contribution >= 4 is 5.97 Å². The van der Waals surface area contributed by atoms with Crippen molar-refractivity contribution < 1.29 is 19.1 Å². The van der Waals surface area contributed by atoms with Crippen molar-refractivity contribution in [3.05, 3.63) is 24.2 Å². The summed E-state index contributed by atoms with van der Waals surface area (Å²) in [7, 11) is 1.30. The summed E-state index contributed by atoms with van der Waals surface area (Å²) < 4.78 is 9.86. The standard InChI is InChI=1S/C13H19NO4/c1-17-13(16)12(15)10-4-6-14(7-5-10)9-11-3-2-8-18-11/h2-3,8,10,12,15H,4-7,9H2,1H3. The highest BCUT2D eigenvalue weighted by atomic mass is 16.5. The number of carbonyl (C=O) groups is 1. The van der Waals surface area contributed by atoms with Crippen LogP contribution in [0.2, 0.25) is 0 Å². The Labute approximate surface area is 106 Å². The van der Waals surface area contributed by atoms with Crippen molar-refractivity contribution in [3.8, 4) is 0 Å². The third-order valence-corrected chi connectivity index (χ3v) is 3.48. The van der Waals surface area contributed by atoms with Gasteiger partial charge in [0.2, 0.25) is 0 Å². The van der Waals surface area contributed by atoms with Gasteiger partial charge in [0.05, 0.1) is 19.9 Å². The zero-order valence-electron chi connectivity index (χ0n) is 10.5. The minimum absolute atomic E-state index is 0.00491. The number of methoxy groups -OCH3 is 1. The Hall–Kier alpha value is -1.33. The molecule has 0 aliphatic carbocycles. The summed E-state index contributed by atoms with van der Waals surface area (Å²) in [5.41, 5.74) is 0. The summed E-state index contributed by atoms with van der Waals surface area (Å²) in [4.78, 5) is 13.5. The molecule has 18 heavy (non-hydrogen) atoms. The first-order chi connectivity index (χ1) is 8.70. The molecular formula is C13H19NO4. The Kier molecular flexibility index (Phi) is 4.38. The van der Waals surface area contributed by atoms with Gasteiger partial charge in [-0.05, 0) is 44.0 Å². The highest BCUT2D eigenvalue weighted by Crippen LogP contribution is 2.22. The molecule has 1 aliphatic rings. The molecule has 100 valence electrons. The molecule has 1 aromatic rings. The van der Waals surface area contributed by atoms with E-state index in [1.807, 2.05) is 12.1 Å². The summed E-state index contributed by atoms with van der Waals surface area (Å²) in [5.74, 6) is 0.423. The Morgan fingerprint density at radius 1 is 1.61 bits per heavy atom. The van der Waals surface area contributed by atoms with Gasteiger partial charge in [-0.2, -0.15) is 0 Å². The van der Waals surface area contributed by atoms with Crippen LogP contribution in [0, 0.1) is 5.92 Å². The lowest BCUT2D eigenvalue weighted by molar-refractivity contribution is -0.154. The molecular weight excluding hydrogens is 234 g/mol. The second-order valence-corrected chi connectivity index (χ2v) is 4.66. The predicted octanol–water partition coefficient (Wildman–Crippen LogP) is 1.03. The summed E-state index contributed by atoms with van der Waals surface area (Å²) in [6, 6.07) is 3.83. The number of aliphatic hydroxyl groups excluding tert-OH is 1. The van der Waals surface area contributed by atoms with E-state index in [1.165, 1.54) is 7.11 Å². The molecule has 0 amide bonds. The van der Waals surface area contributed by atoms with E-state index in [1.54, 1.807) is 6.26 Å². The maximum atomic E-state index is 11.2.